The molecule has 0 bridgehead atoms. The predicted molar refractivity (Wildman–Crippen MR) is 128 cm³/mol. The molecular weight excluding hydrogens is 350 g/mol. The van der Waals surface area contributed by atoms with Crippen molar-refractivity contribution in [3.05, 3.63) is 29.8 Å². The molecule has 1 nitrogen and oxygen atoms in total. The van der Waals surface area contributed by atoms with Gasteiger partial charge >= 0.3 is 0 Å². The Kier molecular flexibility index (Phi) is 9.91. The highest BCUT2D eigenvalue weighted by molar-refractivity contribution is 5.40. The number of rotatable bonds is 11. The summed E-state index contributed by atoms with van der Waals surface area (Å²) >= 11 is 0. The van der Waals surface area contributed by atoms with E-state index in [-0.39, 0.29) is 0 Å². The molecule has 3 rings (SSSR count). The van der Waals surface area contributed by atoms with Crippen molar-refractivity contribution in [1.29, 1.82) is 0 Å². The molecule has 1 aromatic rings. The van der Waals surface area contributed by atoms with Crippen LogP contribution in [0.5, 0.6) is 0 Å². The summed E-state index contributed by atoms with van der Waals surface area (Å²) in [5.74, 6) is 3.89. The van der Waals surface area contributed by atoms with Crippen LogP contribution in [0.3, 0.4) is 0 Å². The molecule has 0 amide bonds. The van der Waals surface area contributed by atoms with Gasteiger partial charge in [-0.3, -0.25) is 0 Å². The Labute approximate surface area is 181 Å². The van der Waals surface area contributed by atoms with Crippen LogP contribution in [0, 0.1) is 17.8 Å². The zero-order valence-corrected chi connectivity index (χ0v) is 19.2. The summed E-state index contributed by atoms with van der Waals surface area (Å²) in [6, 6.07) is 8.68. The Morgan fingerprint density at radius 2 is 1.17 bits per heavy atom. The molecule has 0 aliphatic heterocycles. The summed E-state index contributed by atoms with van der Waals surface area (Å²) in [6.45, 7) is 2.31. The summed E-state index contributed by atoms with van der Waals surface area (Å²) in [5.41, 5.74) is 8.27. The molecule has 0 heterocycles. The topological polar surface area (TPSA) is 26.0 Å². The van der Waals surface area contributed by atoms with Gasteiger partial charge in [0.15, 0.2) is 0 Å². The number of anilines is 1. The second kappa shape index (κ2) is 12.7. The molecule has 0 aromatic heterocycles. The van der Waals surface area contributed by atoms with Crippen LogP contribution in [0.2, 0.25) is 0 Å². The predicted octanol–water partition coefficient (Wildman–Crippen LogP) is 8.88. The third-order valence-corrected chi connectivity index (χ3v) is 8.20. The Morgan fingerprint density at radius 3 is 1.76 bits per heavy atom. The Balaban J connectivity index is 1.25. The molecular formula is C28H47N. The molecule has 1 aromatic carbocycles. The molecule has 1 heteroatoms. The summed E-state index contributed by atoms with van der Waals surface area (Å²) in [7, 11) is 0. The molecule has 2 N–H and O–H groups in total. The van der Waals surface area contributed by atoms with E-state index in [0.29, 0.717) is 0 Å². The van der Waals surface area contributed by atoms with E-state index in [1.165, 1.54) is 115 Å². The lowest BCUT2D eigenvalue weighted by molar-refractivity contribution is 0.155. The van der Waals surface area contributed by atoms with Crippen LogP contribution in [0.4, 0.5) is 5.69 Å². The standard InChI is InChI=1S/C28H47N/c1-2-3-4-5-6-7-8-9-10-23-11-13-24(14-12-23)25-15-17-26(18-16-25)27-19-21-28(29)22-20-27/h19-26H,2-18,29H2,1H3. The van der Waals surface area contributed by atoms with Gasteiger partial charge in [0.05, 0.1) is 0 Å². The molecule has 2 fully saturated rings. The first-order chi connectivity index (χ1) is 14.3. The van der Waals surface area contributed by atoms with E-state index in [1.54, 1.807) is 0 Å². The fraction of sp³-hybridized carbons (Fsp3) is 0.786. The number of hydrogen-bond acceptors (Lipinski definition) is 1. The van der Waals surface area contributed by atoms with E-state index in [1.807, 2.05) is 0 Å². The van der Waals surface area contributed by atoms with Gasteiger partial charge in [-0.05, 0) is 79.9 Å². The number of nitrogen functional groups attached to an aromatic ring is 1. The van der Waals surface area contributed by atoms with Gasteiger partial charge in [0.2, 0.25) is 0 Å². The van der Waals surface area contributed by atoms with Gasteiger partial charge in [0.25, 0.3) is 0 Å². The van der Waals surface area contributed by atoms with E-state index in [4.69, 9.17) is 5.73 Å². The molecule has 0 spiro atoms. The molecule has 0 atom stereocenters. The Bertz CT molecular complexity index is 532. The average Bonchev–Trinajstić information content (AvgIpc) is 2.77. The van der Waals surface area contributed by atoms with Crippen LogP contribution in [-0.4, -0.2) is 0 Å². The zero-order valence-electron chi connectivity index (χ0n) is 19.2. The maximum absolute atomic E-state index is 5.85. The summed E-state index contributed by atoms with van der Waals surface area (Å²) in [4.78, 5) is 0. The van der Waals surface area contributed by atoms with Gasteiger partial charge in [-0.1, -0.05) is 89.7 Å². The smallest absolute Gasteiger partial charge is 0.0314 e. The highest BCUT2D eigenvalue weighted by Gasteiger charge is 2.31. The molecule has 0 unspecified atom stereocenters. The normalized spacial score (nSPS) is 27.8. The lowest BCUT2D eigenvalue weighted by atomic mass is 9.68. The fourth-order valence-corrected chi connectivity index (χ4v) is 6.21. The molecule has 2 aliphatic carbocycles. The molecule has 164 valence electrons. The van der Waals surface area contributed by atoms with Crippen molar-refractivity contribution in [3.8, 4) is 0 Å². The average molecular weight is 398 g/mol. The first kappa shape index (κ1) is 22.7. The van der Waals surface area contributed by atoms with Crippen molar-refractivity contribution in [3.63, 3.8) is 0 Å². The van der Waals surface area contributed by atoms with E-state index < -0.39 is 0 Å². The van der Waals surface area contributed by atoms with Gasteiger partial charge in [-0.15, -0.1) is 0 Å². The van der Waals surface area contributed by atoms with E-state index in [9.17, 15) is 0 Å². The second-order valence-electron chi connectivity index (χ2n) is 10.3. The largest absolute Gasteiger partial charge is 0.399 e. The summed E-state index contributed by atoms with van der Waals surface area (Å²) < 4.78 is 0. The van der Waals surface area contributed by atoms with Crippen LogP contribution < -0.4 is 5.73 Å². The van der Waals surface area contributed by atoms with Crippen LogP contribution >= 0.6 is 0 Å². The first-order valence-corrected chi connectivity index (χ1v) is 13.1. The minimum atomic E-state index is 0.783. The van der Waals surface area contributed by atoms with Crippen molar-refractivity contribution >= 4 is 5.69 Å². The van der Waals surface area contributed by atoms with E-state index in [2.05, 4.69) is 31.2 Å². The van der Waals surface area contributed by atoms with Gasteiger partial charge in [0, 0.05) is 5.69 Å². The number of hydrogen-bond donors (Lipinski definition) is 1. The molecule has 0 radical (unpaired) electrons. The van der Waals surface area contributed by atoms with Gasteiger partial charge < -0.3 is 5.73 Å². The van der Waals surface area contributed by atoms with Crippen molar-refractivity contribution in [2.75, 3.05) is 5.73 Å². The maximum Gasteiger partial charge on any atom is 0.0314 e. The maximum atomic E-state index is 5.85. The number of benzene rings is 1. The number of nitrogens with two attached hydrogens (primary N) is 1. The quantitative estimate of drug-likeness (QED) is 0.293. The number of unbranched alkanes of at least 4 members (excludes halogenated alkanes) is 7. The lowest BCUT2D eigenvalue weighted by Crippen LogP contribution is -2.25. The molecule has 29 heavy (non-hydrogen) atoms. The van der Waals surface area contributed by atoms with Gasteiger partial charge in [-0.2, -0.15) is 0 Å². The van der Waals surface area contributed by atoms with Crippen molar-refractivity contribution < 1.29 is 0 Å². The van der Waals surface area contributed by atoms with Crippen LogP contribution in [0.15, 0.2) is 24.3 Å². The third-order valence-electron chi connectivity index (χ3n) is 8.20. The van der Waals surface area contributed by atoms with Gasteiger partial charge in [0.1, 0.15) is 0 Å². The monoisotopic (exact) mass is 397 g/mol. The SMILES string of the molecule is CCCCCCCCCCC1CCC(C2CCC(c3ccc(N)cc3)CC2)CC1. The first-order valence-electron chi connectivity index (χ1n) is 13.1. The van der Waals surface area contributed by atoms with E-state index in [0.717, 1.165) is 29.4 Å². The van der Waals surface area contributed by atoms with Gasteiger partial charge in [-0.25, -0.2) is 0 Å². The second-order valence-corrected chi connectivity index (χ2v) is 10.3. The van der Waals surface area contributed by atoms with Crippen LogP contribution in [0.1, 0.15) is 128 Å². The van der Waals surface area contributed by atoms with Crippen LogP contribution in [0.25, 0.3) is 0 Å². The summed E-state index contributed by atoms with van der Waals surface area (Å²) in [5, 5.41) is 0. The minimum absolute atomic E-state index is 0.783. The van der Waals surface area contributed by atoms with Crippen molar-refractivity contribution in [1.82, 2.24) is 0 Å². The summed E-state index contributed by atoms with van der Waals surface area (Å²) in [6.07, 6.45) is 25.0. The zero-order chi connectivity index (χ0) is 20.3. The third kappa shape index (κ3) is 7.65. The van der Waals surface area contributed by atoms with Crippen LogP contribution in [-0.2, 0) is 0 Å². The highest BCUT2D eigenvalue weighted by atomic mass is 14.5. The fourth-order valence-electron chi connectivity index (χ4n) is 6.21. The Morgan fingerprint density at radius 1 is 0.655 bits per heavy atom. The minimum Gasteiger partial charge on any atom is -0.399 e. The molecule has 2 saturated carbocycles. The Hall–Kier alpha value is -0.980. The lowest BCUT2D eigenvalue weighted by Gasteiger charge is -2.38. The van der Waals surface area contributed by atoms with Crippen molar-refractivity contribution in [2.45, 2.75) is 122 Å². The highest BCUT2D eigenvalue weighted by Crippen LogP contribution is 2.44. The molecule has 2 aliphatic rings. The van der Waals surface area contributed by atoms with Crippen molar-refractivity contribution in [2.24, 2.45) is 17.8 Å². The van der Waals surface area contributed by atoms with E-state index >= 15 is 0 Å². The molecule has 0 saturated heterocycles.